The Morgan fingerprint density at radius 3 is 2.14 bits per heavy atom. The first-order valence-corrected chi connectivity index (χ1v) is 8.18. The molecule has 0 bridgehead atoms. The highest BCUT2D eigenvalue weighted by molar-refractivity contribution is 6.34. The fourth-order valence-electron chi connectivity index (χ4n) is 2.94. The van der Waals surface area contributed by atoms with Gasteiger partial charge in [0.25, 0.3) is 11.8 Å². The number of rotatable bonds is 3. The van der Waals surface area contributed by atoms with Gasteiger partial charge in [-0.25, -0.2) is 9.29 Å². The molecule has 3 aromatic carbocycles. The molecular formula is C21H11FN2O4. The van der Waals surface area contributed by atoms with Crippen molar-refractivity contribution in [2.24, 2.45) is 0 Å². The molecule has 0 aromatic heterocycles. The molecule has 4 rings (SSSR count). The maximum atomic E-state index is 14.6. The zero-order chi connectivity index (χ0) is 19.8. The van der Waals surface area contributed by atoms with Crippen LogP contribution in [0.15, 0.2) is 60.7 Å². The summed E-state index contributed by atoms with van der Waals surface area (Å²) in [5.74, 6) is -1.92. The predicted molar refractivity (Wildman–Crippen MR) is 96.9 cm³/mol. The van der Waals surface area contributed by atoms with E-state index in [-0.39, 0.29) is 39.6 Å². The van der Waals surface area contributed by atoms with Crippen LogP contribution in [0.1, 0.15) is 26.3 Å². The summed E-state index contributed by atoms with van der Waals surface area (Å²) in [5.41, 5.74) is -0.0561. The zero-order valence-corrected chi connectivity index (χ0v) is 14.2. The molecule has 136 valence electrons. The predicted octanol–water partition coefficient (Wildman–Crippen LogP) is 4.00. The maximum Gasteiger partial charge on any atom is 0.266 e. The number of phenolic OH excluding ortho intramolecular Hbond substituents is 1. The third-order valence-corrected chi connectivity index (χ3v) is 4.27. The molecule has 1 aliphatic heterocycles. The maximum absolute atomic E-state index is 14.6. The van der Waals surface area contributed by atoms with Crippen LogP contribution in [0.2, 0.25) is 0 Å². The van der Waals surface area contributed by atoms with Gasteiger partial charge >= 0.3 is 0 Å². The Morgan fingerprint density at radius 2 is 1.57 bits per heavy atom. The summed E-state index contributed by atoms with van der Waals surface area (Å²) in [4.78, 5) is 26.0. The van der Waals surface area contributed by atoms with E-state index < -0.39 is 17.6 Å². The lowest BCUT2D eigenvalue weighted by Crippen LogP contribution is -2.30. The van der Waals surface area contributed by atoms with Crippen molar-refractivity contribution in [2.45, 2.75) is 0 Å². The SMILES string of the molecule is N#Cc1cc(F)c(N2C(=O)c3ccccc3C2=O)cc1Oc1ccc(O)cc1. The molecule has 0 radical (unpaired) electrons. The highest BCUT2D eigenvalue weighted by Gasteiger charge is 2.38. The Kier molecular flexibility index (Phi) is 4.02. The van der Waals surface area contributed by atoms with Crippen molar-refractivity contribution >= 4 is 17.5 Å². The van der Waals surface area contributed by atoms with Crippen LogP contribution >= 0.6 is 0 Å². The molecule has 0 unspecified atom stereocenters. The summed E-state index contributed by atoms with van der Waals surface area (Å²) in [6.07, 6.45) is 0. The number of aromatic hydroxyl groups is 1. The lowest BCUT2D eigenvalue weighted by atomic mass is 10.1. The van der Waals surface area contributed by atoms with Gasteiger partial charge in [0.15, 0.2) is 0 Å². The topological polar surface area (TPSA) is 90.6 Å². The number of carbonyl (C=O) groups is 2. The first-order chi connectivity index (χ1) is 13.5. The van der Waals surface area contributed by atoms with Crippen molar-refractivity contribution in [1.82, 2.24) is 0 Å². The summed E-state index contributed by atoms with van der Waals surface area (Å²) in [6, 6.07) is 15.8. The van der Waals surface area contributed by atoms with E-state index in [4.69, 9.17) is 4.74 Å². The number of phenols is 1. The van der Waals surface area contributed by atoms with Gasteiger partial charge in [0.05, 0.1) is 22.4 Å². The van der Waals surface area contributed by atoms with E-state index in [1.165, 1.54) is 36.4 Å². The van der Waals surface area contributed by atoms with Crippen LogP contribution in [0.25, 0.3) is 0 Å². The zero-order valence-electron chi connectivity index (χ0n) is 14.2. The van der Waals surface area contributed by atoms with Gasteiger partial charge in [-0.1, -0.05) is 12.1 Å². The van der Waals surface area contributed by atoms with E-state index >= 15 is 0 Å². The standard InChI is InChI=1S/C21H11FN2O4/c22-17-9-12(11-23)19(28-14-7-5-13(25)6-8-14)10-18(17)24-20(26)15-3-1-2-4-16(15)21(24)27/h1-10,25H. The molecule has 1 heterocycles. The molecule has 1 N–H and O–H groups in total. The fraction of sp³-hybridized carbons (Fsp3) is 0. The van der Waals surface area contributed by atoms with Gasteiger partial charge in [0.2, 0.25) is 0 Å². The second-order valence-electron chi connectivity index (χ2n) is 6.00. The van der Waals surface area contributed by atoms with Crippen molar-refractivity contribution in [1.29, 1.82) is 5.26 Å². The first kappa shape index (κ1) is 17.2. The minimum Gasteiger partial charge on any atom is -0.508 e. The van der Waals surface area contributed by atoms with Gasteiger partial charge in [0.1, 0.15) is 29.1 Å². The van der Waals surface area contributed by atoms with Crippen LogP contribution in [0.3, 0.4) is 0 Å². The Bertz CT molecular complexity index is 1130. The van der Waals surface area contributed by atoms with Gasteiger partial charge in [0, 0.05) is 6.07 Å². The fourth-order valence-corrected chi connectivity index (χ4v) is 2.94. The minimum absolute atomic E-state index is 0.0266. The van der Waals surface area contributed by atoms with Crippen LogP contribution in [0.5, 0.6) is 17.2 Å². The number of ether oxygens (including phenoxy) is 1. The molecule has 6 nitrogen and oxygen atoms in total. The van der Waals surface area contributed by atoms with Crippen LogP contribution in [-0.4, -0.2) is 16.9 Å². The number of fused-ring (bicyclic) bond motifs is 1. The van der Waals surface area contributed by atoms with Crippen LogP contribution in [0.4, 0.5) is 10.1 Å². The van der Waals surface area contributed by atoms with Crippen molar-refractivity contribution in [3.8, 4) is 23.3 Å². The normalized spacial score (nSPS) is 12.6. The van der Waals surface area contributed by atoms with Crippen molar-refractivity contribution in [3.05, 3.63) is 83.2 Å². The Morgan fingerprint density at radius 1 is 0.964 bits per heavy atom. The smallest absolute Gasteiger partial charge is 0.266 e. The molecule has 0 spiro atoms. The number of nitriles is 1. The molecule has 0 aliphatic carbocycles. The second-order valence-corrected chi connectivity index (χ2v) is 6.00. The highest BCUT2D eigenvalue weighted by Crippen LogP contribution is 2.36. The van der Waals surface area contributed by atoms with Gasteiger partial charge < -0.3 is 9.84 Å². The van der Waals surface area contributed by atoms with E-state index in [2.05, 4.69) is 0 Å². The molecule has 28 heavy (non-hydrogen) atoms. The van der Waals surface area contributed by atoms with E-state index in [9.17, 15) is 24.3 Å². The van der Waals surface area contributed by atoms with Gasteiger partial charge in [-0.3, -0.25) is 9.59 Å². The number of carbonyl (C=O) groups excluding carboxylic acids is 2. The van der Waals surface area contributed by atoms with E-state index in [1.54, 1.807) is 12.1 Å². The number of anilines is 1. The molecule has 7 heteroatoms. The summed E-state index contributed by atoms with van der Waals surface area (Å²) in [5, 5.41) is 18.6. The lowest BCUT2D eigenvalue weighted by Gasteiger charge is -2.17. The summed E-state index contributed by atoms with van der Waals surface area (Å²) in [7, 11) is 0. The second kappa shape index (κ2) is 6.52. The van der Waals surface area contributed by atoms with Gasteiger partial charge in [-0.2, -0.15) is 5.26 Å². The summed E-state index contributed by atoms with van der Waals surface area (Å²) in [6.45, 7) is 0. The van der Waals surface area contributed by atoms with E-state index in [1.807, 2.05) is 6.07 Å². The molecule has 3 aromatic rings. The van der Waals surface area contributed by atoms with Gasteiger partial charge in [-0.05, 0) is 42.5 Å². The molecule has 1 aliphatic rings. The van der Waals surface area contributed by atoms with E-state index in [0.29, 0.717) is 0 Å². The van der Waals surface area contributed by atoms with Crippen molar-refractivity contribution < 1.29 is 23.8 Å². The quantitative estimate of drug-likeness (QED) is 0.700. The van der Waals surface area contributed by atoms with Crippen LogP contribution < -0.4 is 9.64 Å². The number of hydrogen-bond donors (Lipinski definition) is 1. The third-order valence-electron chi connectivity index (χ3n) is 4.27. The van der Waals surface area contributed by atoms with Crippen molar-refractivity contribution in [2.75, 3.05) is 4.90 Å². The first-order valence-electron chi connectivity index (χ1n) is 8.18. The third kappa shape index (κ3) is 2.73. The average molecular weight is 374 g/mol. The Balaban J connectivity index is 1.79. The Labute approximate surface area is 158 Å². The monoisotopic (exact) mass is 374 g/mol. The molecule has 0 saturated heterocycles. The summed E-state index contributed by atoms with van der Waals surface area (Å²) >= 11 is 0. The summed E-state index contributed by atoms with van der Waals surface area (Å²) < 4.78 is 20.3. The lowest BCUT2D eigenvalue weighted by molar-refractivity contribution is 0.0925. The Hall–Kier alpha value is -4.18. The number of hydrogen-bond acceptors (Lipinski definition) is 5. The highest BCUT2D eigenvalue weighted by atomic mass is 19.1. The number of halogens is 1. The van der Waals surface area contributed by atoms with E-state index in [0.717, 1.165) is 17.0 Å². The molecule has 0 atom stereocenters. The largest absolute Gasteiger partial charge is 0.508 e. The molecule has 2 amide bonds. The minimum atomic E-state index is -0.899. The van der Waals surface area contributed by atoms with Crippen molar-refractivity contribution in [3.63, 3.8) is 0 Å². The molecular weight excluding hydrogens is 363 g/mol. The molecule has 0 saturated carbocycles. The number of benzene rings is 3. The van der Waals surface area contributed by atoms with Crippen LogP contribution in [-0.2, 0) is 0 Å². The number of amides is 2. The average Bonchev–Trinajstić information content (AvgIpc) is 2.95. The molecule has 0 fully saturated rings. The number of nitrogens with zero attached hydrogens (tertiary/aromatic N) is 2. The number of imide groups is 1. The van der Waals surface area contributed by atoms with Gasteiger partial charge in [-0.15, -0.1) is 0 Å². The van der Waals surface area contributed by atoms with Crippen LogP contribution in [0, 0.1) is 17.1 Å².